The molecule has 1 heterocycles. The highest BCUT2D eigenvalue weighted by atomic mass is 32.2. The minimum absolute atomic E-state index is 0.0652. The first-order valence-corrected chi connectivity index (χ1v) is 6.32. The van der Waals surface area contributed by atoms with Gasteiger partial charge in [-0.2, -0.15) is 24.9 Å². The van der Waals surface area contributed by atoms with E-state index in [1.54, 1.807) is 11.8 Å². The summed E-state index contributed by atoms with van der Waals surface area (Å²) in [6, 6.07) is 0.475. The average Bonchev–Trinajstić information content (AvgIpc) is 2.68. The number of halogens is 3. The van der Waals surface area contributed by atoms with Crippen LogP contribution in [0.25, 0.3) is 0 Å². The van der Waals surface area contributed by atoms with Gasteiger partial charge in [0, 0.05) is 24.1 Å². The summed E-state index contributed by atoms with van der Waals surface area (Å²) >= 11 is 1.56. The molecule has 0 aromatic rings. The predicted molar refractivity (Wildman–Crippen MR) is 57.4 cm³/mol. The van der Waals surface area contributed by atoms with Gasteiger partial charge in [-0.25, -0.2) is 0 Å². The second-order valence-corrected chi connectivity index (χ2v) is 4.77. The standard InChI is InChI=1S/C9H15F3N2OS/c10-9(11,12)8(15)14-4-5-16-6-7-2-1-3-13-7/h7,13H,1-6H2,(H,14,15)/t7-/m1/s1. The molecule has 2 N–H and O–H groups in total. The minimum Gasteiger partial charge on any atom is -0.347 e. The van der Waals surface area contributed by atoms with Crippen molar-refractivity contribution in [2.24, 2.45) is 0 Å². The molecule has 1 fully saturated rings. The van der Waals surface area contributed by atoms with Gasteiger partial charge >= 0.3 is 12.1 Å². The summed E-state index contributed by atoms with van der Waals surface area (Å²) in [5.41, 5.74) is 0. The Morgan fingerprint density at radius 3 is 2.81 bits per heavy atom. The summed E-state index contributed by atoms with van der Waals surface area (Å²) in [5.74, 6) is -0.450. The molecular formula is C9H15F3N2OS. The highest BCUT2D eigenvalue weighted by Gasteiger charge is 2.38. The van der Waals surface area contributed by atoms with Crippen molar-refractivity contribution in [1.29, 1.82) is 0 Å². The van der Waals surface area contributed by atoms with Crippen molar-refractivity contribution in [2.45, 2.75) is 25.1 Å². The number of hydrogen-bond donors (Lipinski definition) is 2. The number of hydrogen-bond acceptors (Lipinski definition) is 3. The predicted octanol–water partition coefficient (Wildman–Crippen LogP) is 1.15. The third-order valence-corrected chi connectivity index (χ3v) is 3.40. The van der Waals surface area contributed by atoms with Gasteiger partial charge in [0.2, 0.25) is 0 Å². The summed E-state index contributed by atoms with van der Waals surface area (Å²) in [7, 11) is 0. The first kappa shape index (κ1) is 13.6. The molecule has 3 nitrogen and oxygen atoms in total. The van der Waals surface area contributed by atoms with E-state index < -0.39 is 12.1 Å². The maximum Gasteiger partial charge on any atom is 0.471 e. The van der Waals surface area contributed by atoms with Crippen molar-refractivity contribution in [2.75, 3.05) is 24.6 Å². The minimum atomic E-state index is -4.77. The maximum absolute atomic E-state index is 11.8. The molecule has 1 saturated heterocycles. The van der Waals surface area contributed by atoms with Gasteiger partial charge in [-0.3, -0.25) is 4.79 Å². The number of nitrogens with one attached hydrogen (secondary N) is 2. The SMILES string of the molecule is O=C(NCCSC[C@H]1CCCN1)C(F)(F)F. The van der Waals surface area contributed by atoms with E-state index in [0.717, 1.165) is 25.1 Å². The van der Waals surface area contributed by atoms with Gasteiger partial charge in [-0.15, -0.1) is 0 Å². The smallest absolute Gasteiger partial charge is 0.347 e. The second kappa shape index (κ2) is 6.34. The second-order valence-electron chi connectivity index (χ2n) is 3.62. The average molecular weight is 256 g/mol. The van der Waals surface area contributed by atoms with Crippen molar-refractivity contribution in [3.63, 3.8) is 0 Å². The van der Waals surface area contributed by atoms with E-state index in [9.17, 15) is 18.0 Å². The highest BCUT2D eigenvalue weighted by Crippen LogP contribution is 2.14. The highest BCUT2D eigenvalue weighted by molar-refractivity contribution is 7.99. The van der Waals surface area contributed by atoms with Gasteiger partial charge in [0.15, 0.2) is 0 Å². The van der Waals surface area contributed by atoms with E-state index in [2.05, 4.69) is 5.32 Å². The van der Waals surface area contributed by atoms with Crippen LogP contribution in [0.15, 0.2) is 0 Å². The molecular weight excluding hydrogens is 241 g/mol. The van der Waals surface area contributed by atoms with Crippen LogP contribution in [0.1, 0.15) is 12.8 Å². The number of rotatable bonds is 5. The van der Waals surface area contributed by atoms with E-state index in [1.807, 2.05) is 5.32 Å². The van der Waals surface area contributed by atoms with Gasteiger partial charge in [0.05, 0.1) is 0 Å². The molecule has 7 heteroatoms. The summed E-state index contributed by atoms with van der Waals surface area (Å²) in [4.78, 5) is 10.4. The van der Waals surface area contributed by atoms with Crippen molar-refractivity contribution < 1.29 is 18.0 Å². The largest absolute Gasteiger partial charge is 0.471 e. The monoisotopic (exact) mass is 256 g/mol. The maximum atomic E-state index is 11.8. The van der Waals surface area contributed by atoms with Crippen LogP contribution in [0.4, 0.5) is 13.2 Å². The van der Waals surface area contributed by atoms with Crippen LogP contribution in [-0.4, -0.2) is 42.7 Å². The number of thioether (sulfide) groups is 1. The first-order valence-electron chi connectivity index (χ1n) is 5.16. The van der Waals surface area contributed by atoms with E-state index >= 15 is 0 Å². The van der Waals surface area contributed by atoms with Gasteiger partial charge in [-0.05, 0) is 19.4 Å². The molecule has 16 heavy (non-hydrogen) atoms. The fraction of sp³-hybridized carbons (Fsp3) is 0.889. The topological polar surface area (TPSA) is 41.1 Å². The van der Waals surface area contributed by atoms with Crippen molar-refractivity contribution in [1.82, 2.24) is 10.6 Å². The third-order valence-electron chi connectivity index (χ3n) is 2.27. The van der Waals surface area contributed by atoms with Crippen molar-refractivity contribution >= 4 is 17.7 Å². The normalized spacial score (nSPS) is 21.1. The van der Waals surface area contributed by atoms with Crippen LogP contribution < -0.4 is 10.6 Å². The molecule has 94 valence electrons. The van der Waals surface area contributed by atoms with Gasteiger partial charge < -0.3 is 10.6 Å². The number of amides is 1. The Labute approximate surface area is 96.5 Å². The Morgan fingerprint density at radius 2 is 2.25 bits per heavy atom. The van der Waals surface area contributed by atoms with Crippen LogP contribution in [0.2, 0.25) is 0 Å². The molecule has 0 aromatic carbocycles. The zero-order valence-electron chi connectivity index (χ0n) is 8.77. The molecule has 1 aliphatic heterocycles. The summed E-state index contributed by atoms with van der Waals surface area (Å²) in [6.07, 6.45) is -2.48. The molecule has 1 rings (SSSR count). The molecule has 1 amide bonds. The lowest BCUT2D eigenvalue weighted by atomic mass is 10.3. The van der Waals surface area contributed by atoms with Crippen LogP contribution in [0.3, 0.4) is 0 Å². The number of carbonyl (C=O) groups is 1. The van der Waals surface area contributed by atoms with Crippen molar-refractivity contribution in [3.8, 4) is 0 Å². The number of alkyl halides is 3. The molecule has 0 unspecified atom stereocenters. The molecule has 0 bridgehead atoms. The lowest BCUT2D eigenvalue weighted by molar-refractivity contribution is -0.173. The molecule has 0 radical (unpaired) electrons. The van der Waals surface area contributed by atoms with E-state index in [0.29, 0.717) is 11.8 Å². The Balaban J connectivity index is 1.97. The molecule has 0 aliphatic carbocycles. The van der Waals surface area contributed by atoms with Gasteiger partial charge in [-0.1, -0.05) is 0 Å². The quantitative estimate of drug-likeness (QED) is 0.725. The van der Waals surface area contributed by atoms with Crippen LogP contribution in [0, 0.1) is 0 Å². The summed E-state index contributed by atoms with van der Waals surface area (Å²) in [5, 5.41) is 5.14. The molecule has 0 saturated carbocycles. The molecule has 1 atom stereocenters. The van der Waals surface area contributed by atoms with E-state index in [4.69, 9.17) is 0 Å². The fourth-order valence-electron chi connectivity index (χ4n) is 1.46. The lowest BCUT2D eigenvalue weighted by Gasteiger charge is -2.10. The van der Waals surface area contributed by atoms with Gasteiger partial charge in [0.1, 0.15) is 0 Å². The Morgan fingerprint density at radius 1 is 1.50 bits per heavy atom. The van der Waals surface area contributed by atoms with Crippen molar-refractivity contribution in [3.05, 3.63) is 0 Å². The molecule has 1 aliphatic rings. The molecule has 0 aromatic heterocycles. The van der Waals surface area contributed by atoms with Crippen LogP contribution >= 0.6 is 11.8 Å². The van der Waals surface area contributed by atoms with E-state index in [-0.39, 0.29) is 6.54 Å². The Bertz CT molecular complexity index is 229. The van der Waals surface area contributed by atoms with Gasteiger partial charge in [0.25, 0.3) is 0 Å². The third kappa shape index (κ3) is 5.07. The summed E-state index contributed by atoms with van der Waals surface area (Å²) in [6.45, 7) is 1.09. The summed E-state index contributed by atoms with van der Waals surface area (Å²) < 4.78 is 35.3. The van der Waals surface area contributed by atoms with Crippen LogP contribution in [-0.2, 0) is 4.79 Å². The van der Waals surface area contributed by atoms with E-state index in [1.165, 1.54) is 0 Å². The fourth-order valence-corrected chi connectivity index (χ4v) is 2.44. The number of carbonyl (C=O) groups excluding carboxylic acids is 1. The first-order chi connectivity index (χ1) is 7.50. The van der Waals surface area contributed by atoms with Crippen LogP contribution in [0.5, 0.6) is 0 Å². The zero-order chi connectivity index (χ0) is 12.0. The Kier molecular flexibility index (Phi) is 5.40. The Hall–Kier alpha value is -0.430. The molecule has 0 spiro atoms. The zero-order valence-corrected chi connectivity index (χ0v) is 9.59. The lowest BCUT2D eigenvalue weighted by Crippen LogP contribution is -2.38.